The molecule has 0 amide bonds. The monoisotopic (exact) mass is 412 g/mol. The Balaban J connectivity index is 1.50. The van der Waals surface area contributed by atoms with E-state index in [1.807, 2.05) is 24.3 Å². The molecular formula is C26H28N4O. The van der Waals surface area contributed by atoms with Crippen molar-refractivity contribution in [1.82, 2.24) is 9.97 Å². The van der Waals surface area contributed by atoms with E-state index in [4.69, 9.17) is 10.00 Å². The van der Waals surface area contributed by atoms with Crippen LogP contribution in [0.2, 0.25) is 0 Å². The lowest BCUT2D eigenvalue weighted by atomic mass is 9.67. The van der Waals surface area contributed by atoms with Gasteiger partial charge in [-0.2, -0.15) is 5.26 Å². The summed E-state index contributed by atoms with van der Waals surface area (Å²) in [5.74, 6) is 0.606. The summed E-state index contributed by atoms with van der Waals surface area (Å²) >= 11 is 0. The maximum atomic E-state index is 9.15. The minimum atomic E-state index is -0.143. The first-order valence-corrected chi connectivity index (χ1v) is 10.8. The van der Waals surface area contributed by atoms with Crippen LogP contribution in [0.25, 0.3) is 11.3 Å². The number of benzene rings is 2. The molecule has 31 heavy (non-hydrogen) atoms. The summed E-state index contributed by atoms with van der Waals surface area (Å²) in [5, 5.41) is 12.6. The van der Waals surface area contributed by atoms with Gasteiger partial charge < -0.3 is 10.1 Å². The van der Waals surface area contributed by atoms with Crippen LogP contribution in [0, 0.1) is 11.3 Å². The lowest BCUT2D eigenvalue weighted by molar-refractivity contribution is -0.0835. The lowest BCUT2D eigenvalue weighted by Gasteiger charge is -2.45. The zero-order chi connectivity index (χ0) is 21.7. The van der Waals surface area contributed by atoms with Gasteiger partial charge in [0, 0.05) is 30.3 Å². The van der Waals surface area contributed by atoms with Crippen molar-refractivity contribution in [1.29, 1.82) is 5.26 Å². The van der Waals surface area contributed by atoms with E-state index in [1.54, 1.807) is 12.3 Å². The first kappa shape index (κ1) is 21.0. The molecule has 0 radical (unpaired) electrons. The SMILES string of the molecule is CC1(C)CC(CCNc2nccc(-c3cccc(C#N)c3)n2)(c2ccccc2)CCO1. The maximum absolute atomic E-state index is 9.15. The van der Waals surface area contributed by atoms with Gasteiger partial charge in [0.1, 0.15) is 0 Å². The topological polar surface area (TPSA) is 70.8 Å². The molecule has 1 atom stereocenters. The zero-order valence-electron chi connectivity index (χ0n) is 18.1. The molecule has 2 heterocycles. The van der Waals surface area contributed by atoms with Crippen molar-refractivity contribution >= 4 is 5.95 Å². The molecule has 4 rings (SSSR count). The van der Waals surface area contributed by atoms with E-state index in [-0.39, 0.29) is 11.0 Å². The Morgan fingerprint density at radius 3 is 2.71 bits per heavy atom. The van der Waals surface area contributed by atoms with Gasteiger partial charge in [-0.15, -0.1) is 0 Å². The highest BCUT2D eigenvalue weighted by Crippen LogP contribution is 2.43. The van der Waals surface area contributed by atoms with Crippen molar-refractivity contribution in [2.24, 2.45) is 0 Å². The molecule has 5 heteroatoms. The predicted octanol–water partition coefficient (Wildman–Crippen LogP) is 5.34. The number of nitrogens with zero attached hydrogens (tertiary/aromatic N) is 3. The fourth-order valence-corrected chi connectivity index (χ4v) is 4.64. The fraction of sp³-hybridized carbons (Fsp3) is 0.346. The van der Waals surface area contributed by atoms with Crippen molar-refractivity contribution in [3.63, 3.8) is 0 Å². The third kappa shape index (κ3) is 4.92. The first-order valence-electron chi connectivity index (χ1n) is 10.8. The molecule has 5 nitrogen and oxygen atoms in total. The molecule has 3 aromatic rings. The Kier molecular flexibility index (Phi) is 6.01. The summed E-state index contributed by atoms with van der Waals surface area (Å²) in [4.78, 5) is 9.07. The van der Waals surface area contributed by atoms with E-state index in [0.29, 0.717) is 11.5 Å². The van der Waals surface area contributed by atoms with Crippen molar-refractivity contribution < 1.29 is 4.74 Å². The summed E-state index contributed by atoms with van der Waals surface area (Å²) in [6, 6.07) is 22.3. The quantitative estimate of drug-likeness (QED) is 0.591. The number of ether oxygens (including phenoxy) is 1. The Hall–Kier alpha value is -3.23. The normalized spacial score (nSPS) is 20.0. The van der Waals surface area contributed by atoms with Crippen LogP contribution in [0.15, 0.2) is 66.9 Å². The lowest BCUT2D eigenvalue weighted by Crippen LogP contribution is -2.45. The smallest absolute Gasteiger partial charge is 0.223 e. The molecule has 0 saturated carbocycles. The number of nitriles is 1. The summed E-state index contributed by atoms with van der Waals surface area (Å²) in [5.41, 5.74) is 3.63. The third-order valence-electron chi connectivity index (χ3n) is 6.05. The molecule has 0 spiro atoms. The summed E-state index contributed by atoms with van der Waals surface area (Å²) < 4.78 is 6.02. The second-order valence-electron chi connectivity index (χ2n) is 8.82. The molecular weight excluding hydrogens is 384 g/mol. The van der Waals surface area contributed by atoms with Crippen molar-refractivity contribution in [2.75, 3.05) is 18.5 Å². The van der Waals surface area contributed by atoms with Crippen LogP contribution in [0.4, 0.5) is 5.95 Å². The van der Waals surface area contributed by atoms with E-state index in [2.05, 4.69) is 65.5 Å². The summed E-state index contributed by atoms with van der Waals surface area (Å²) in [6.07, 6.45) is 4.72. The fourth-order valence-electron chi connectivity index (χ4n) is 4.64. The summed E-state index contributed by atoms with van der Waals surface area (Å²) in [7, 11) is 0. The minimum absolute atomic E-state index is 0.0642. The third-order valence-corrected chi connectivity index (χ3v) is 6.05. The van der Waals surface area contributed by atoms with Gasteiger partial charge in [-0.05, 0) is 56.9 Å². The number of hydrogen-bond acceptors (Lipinski definition) is 5. The Labute approximate surface area is 184 Å². The Morgan fingerprint density at radius 2 is 1.94 bits per heavy atom. The van der Waals surface area contributed by atoms with Gasteiger partial charge in [0.2, 0.25) is 5.95 Å². The molecule has 1 fully saturated rings. The van der Waals surface area contributed by atoms with Crippen molar-refractivity contribution in [2.45, 2.75) is 44.1 Å². The van der Waals surface area contributed by atoms with E-state index >= 15 is 0 Å². The number of rotatable bonds is 6. The largest absolute Gasteiger partial charge is 0.376 e. The van der Waals surface area contributed by atoms with Crippen LogP contribution < -0.4 is 5.32 Å². The van der Waals surface area contributed by atoms with Crippen LogP contribution in [0.1, 0.15) is 44.2 Å². The van der Waals surface area contributed by atoms with E-state index in [1.165, 1.54) is 5.56 Å². The molecule has 1 aliphatic heterocycles. The second-order valence-corrected chi connectivity index (χ2v) is 8.82. The van der Waals surface area contributed by atoms with Gasteiger partial charge >= 0.3 is 0 Å². The molecule has 0 bridgehead atoms. The van der Waals surface area contributed by atoms with Crippen LogP contribution in [0.3, 0.4) is 0 Å². The Bertz CT molecular complexity index is 1070. The number of aromatic nitrogens is 2. The van der Waals surface area contributed by atoms with Gasteiger partial charge in [0.25, 0.3) is 0 Å². The van der Waals surface area contributed by atoms with Crippen LogP contribution in [0.5, 0.6) is 0 Å². The van der Waals surface area contributed by atoms with Crippen LogP contribution >= 0.6 is 0 Å². The molecule has 158 valence electrons. The Morgan fingerprint density at radius 1 is 1.10 bits per heavy atom. The molecule has 0 aliphatic carbocycles. The van der Waals surface area contributed by atoms with Gasteiger partial charge in [-0.25, -0.2) is 9.97 Å². The highest BCUT2D eigenvalue weighted by atomic mass is 16.5. The zero-order valence-corrected chi connectivity index (χ0v) is 18.1. The molecule has 2 aromatic carbocycles. The average Bonchev–Trinajstić information content (AvgIpc) is 2.79. The standard InChI is InChI=1S/C26H28N4O/c1-25(2)19-26(13-16-31-25,22-9-4-3-5-10-22)12-15-29-24-28-14-11-23(30-24)21-8-6-7-20(17-21)18-27/h3-11,14,17H,12-13,15-16,19H2,1-2H3,(H,28,29,30). The van der Waals surface area contributed by atoms with Crippen LogP contribution in [-0.2, 0) is 10.2 Å². The number of hydrogen-bond donors (Lipinski definition) is 1. The van der Waals surface area contributed by atoms with Gasteiger partial charge in [0.05, 0.1) is 22.9 Å². The molecule has 1 unspecified atom stereocenters. The van der Waals surface area contributed by atoms with Gasteiger partial charge in [-0.1, -0.05) is 42.5 Å². The molecule has 1 aromatic heterocycles. The molecule has 1 aliphatic rings. The summed E-state index contributed by atoms with van der Waals surface area (Å²) in [6.45, 7) is 5.90. The second kappa shape index (κ2) is 8.87. The van der Waals surface area contributed by atoms with Gasteiger partial charge in [-0.3, -0.25) is 0 Å². The minimum Gasteiger partial charge on any atom is -0.376 e. The molecule has 1 saturated heterocycles. The predicted molar refractivity (Wildman–Crippen MR) is 123 cm³/mol. The highest BCUT2D eigenvalue weighted by Gasteiger charge is 2.41. The maximum Gasteiger partial charge on any atom is 0.223 e. The first-order chi connectivity index (χ1) is 15.0. The number of anilines is 1. The number of nitrogens with one attached hydrogen (secondary N) is 1. The average molecular weight is 413 g/mol. The van der Waals surface area contributed by atoms with Crippen molar-refractivity contribution in [3.05, 3.63) is 78.0 Å². The highest BCUT2D eigenvalue weighted by molar-refractivity contribution is 5.62. The van der Waals surface area contributed by atoms with E-state index in [0.717, 1.165) is 43.7 Å². The van der Waals surface area contributed by atoms with E-state index < -0.39 is 0 Å². The van der Waals surface area contributed by atoms with E-state index in [9.17, 15) is 0 Å². The van der Waals surface area contributed by atoms with Gasteiger partial charge in [0.15, 0.2) is 0 Å². The van der Waals surface area contributed by atoms with Crippen molar-refractivity contribution in [3.8, 4) is 17.3 Å². The van der Waals surface area contributed by atoms with Crippen LogP contribution in [-0.4, -0.2) is 28.7 Å². The molecule has 1 N–H and O–H groups in total.